The van der Waals surface area contributed by atoms with Crippen molar-refractivity contribution in [2.24, 2.45) is 5.92 Å². The third-order valence-electron chi connectivity index (χ3n) is 6.30. The number of aromatic amines is 1. The normalized spacial score (nSPS) is 17.2. The number of allylic oxidation sites excluding steroid dienone is 4. The van der Waals surface area contributed by atoms with Gasteiger partial charge in [-0.05, 0) is 72.9 Å². The quantitative estimate of drug-likeness (QED) is 0.250. The van der Waals surface area contributed by atoms with Crippen LogP contribution < -0.4 is 5.32 Å². The molecule has 4 nitrogen and oxygen atoms in total. The Balaban J connectivity index is 1.74. The molecule has 0 bridgehead atoms. The van der Waals surface area contributed by atoms with Crippen LogP contribution >= 0.6 is 11.6 Å². The summed E-state index contributed by atoms with van der Waals surface area (Å²) in [6.45, 7) is 0. The fourth-order valence-corrected chi connectivity index (χ4v) is 4.72. The summed E-state index contributed by atoms with van der Waals surface area (Å²) >= 11 is 6.07. The Labute approximate surface area is 213 Å². The van der Waals surface area contributed by atoms with Crippen molar-refractivity contribution in [3.63, 3.8) is 0 Å². The molecule has 1 unspecified atom stereocenters. The molecule has 2 N–H and O–H groups in total. The van der Waals surface area contributed by atoms with Gasteiger partial charge in [0.25, 0.3) is 0 Å². The molecule has 2 aromatic carbocycles. The van der Waals surface area contributed by atoms with Gasteiger partial charge in [-0.3, -0.25) is 4.98 Å². The Bertz CT molecular complexity index is 1490. The van der Waals surface area contributed by atoms with Gasteiger partial charge < -0.3 is 10.3 Å². The molecule has 190 valence electrons. The highest BCUT2D eigenvalue weighted by molar-refractivity contribution is 6.30. The van der Waals surface area contributed by atoms with E-state index in [1.165, 1.54) is 24.4 Å². The van der Waals surface area contributed by atoms with Crippen LogP contribution in [0, 0.1) is 17.6 Å². The van der Waals surface area contributed by atoms with Gasteiger partial charge in [-0.25, -0.2) is 13.8 Å². The van der Waals surface area contributed by atoms with Gasteiger partial charge in [0, 0.05) is 6.20 Å². The molecule has 37 heavy (non-hydrogen) atoms. The number of H-pyrrole nitrogens is 1. The van der Waals surface area contributed by atoms with Crippen LogP contribution in [0.1, 0.15) is 29.7 Å². The predicted octanol–water partition coefficient (Wildman–Crippen LogP) is 7.79. The Kier molecular flexibility index (Phi) is 6.49. The molecule has 4 aromatic rings. The molecule has 0 saturated heterocycles. The summed E-state index contributed by atoms with van der Waals surface area (Å²) in [5.74, 6) is -1.50. The Hall–Kier alpha value is -3.72. The molecule has 0 amide bonds. The van der Waals surface area contributed by atoms with E-state index >= 15 is 0 Å². The molecule has 10 heteroatoms. The number of alkyl halides is 3. The smallest absolute Gasteiger partial charge is 0.341 e. The van der Waals surface area contributed by atoms with Gasteiger partial charge in [0.05, 0.1) is 27.3 Å². The standard InChI is InChI=1S/C27H20ClF5N4/c28-19-6-9-24(34-15-19)26(14-16-4-2-1-3-5-16,17-10-18(27(31,32)33)12-21(30)11-17)37-25-35-22-8-7-20(29)13-23(22)36-25/h1-4,6-13,15-16H,5,14H2,(H2,35,36,37)/t16?,26-/m0/s1. The molecule has 1 aliphatic carbocycles. The molecule has 0 aliphatic heterocycles. The largest absolute Gasteiger partial charge is 0.416 e. The lowest BCUT2D eigenvalue weighted by atomic mass is 9.76. The highest BCUT2D eigenvalue weighted by Crippen LogP contribution is 2.42. The first-order valence-electron chi connectivity index (χ1n) is 11.4. The third-order valence-corrected chi connectivity index (χ3v) is 6.52. The highest BCUT2D eigenvalue weighted by Gasteiger charge is 2.41. The van der Waals surface area contributed by atoms with E-state index in [1.807, 2.05) is 24.3 Å². The van der Waals surface area contributed by atoms with Crippen molar-refractivity contribution >= 4 is 28.6 Å². The Morgan fingerprint density at radius 2 is 1.78 bits per heavy atom. The summed E-state index contributed by atoms with van der Waals surface area (Å²) in [5.41, 5.74) is -1.46. The average Bonchev–Trinajstić information content (AvgIpc) is 3.25. The lowest BCUT2D eigenvalue weighted by Crippen LogP contribution is -2.40. The zero-order valence-corrected chi connectivity index (χ0v) is 19.9. The molecule has 0 radical (unpaired) electrons. The number of halogens is 6. The number of imidazole rings is 1. The monoisotopic (exact) mass is 530 g/mol. The molecule has 2 heterocycles. The van der Waals surface area contributed by atoms with Gasteiger partial charge in [0.2, 0.25) is 5.95 Å². The van der Waals surface area contributed by atoms with Gasteiger partial charge in [0.1, 0.15) is 17.2 Å². The van der Waals surface area contributed by atoms with Crippen molar-refractivity contribution in [2.75, 3.05) is 5.32 Å². The molecule has 0 spiro atoms. The maximum absolute atomic E-state index is 14.7. The van der Waals surface area contributed by atoms with Crippen LogP contribution in [-0.2, 0) is 11.7 Å². The van der Waals surface area contributed by atoms with E-state index in [2.05, 4.69) is 20.3 Å². The highest BCUT2D eigenvalue weighted by atomic mass is 35.5. The van der Waals surface area contributed by atoms with Crippen molar-refractivity contribution in [1.29, 1.82) is 0 Å². The first kappa shape index (κ1) is 25.0. The topological polar surface area (TPSA) is 53.6 Å². The molecule has 0 saturated carbocycles. The van der Waals surface area contributed by atoms with Gasteiger partial charge in [-0.2, -0.15) is 13.2 Å². The lowest BCUT2D eigenvalue weighted by Gasteiger charge is -2.38. The van der Waals surface area contributed by atoms with E-state index < -0.39 is 28.9 Å². The van der Waals surface area contributed by atoms with Crippen LogP contribution in [0.3, 0.4) is 0 Å². The Morgan fingerprint density at radius 3 is 2.49 bits per heavy atom. The predicted molar refractivity (Wildman–Crippen MR) is 132 cm³/mol. The summed E-state index contributed by atoms with van der Waals surface area (Å²) < 4.78 is 69.8. The summed E-state index contributed by atoms with van der Waals surface area (Å²) in [4.78, 5) is 11.9. The van der Waals surface area contributed by atoms with E-state index in [-0.39, 0.29) is 23.9 Å². The van der Waals surface area contributed by atoms with E-state index in [0.29, 0.717) is 34.2 Å². The second-order valence-corrected chi connectivity index (χ2v) is 9.31. The lowest BCUT2D eigenvalue weighted by molar-refractivity contribution is -0.137. The number of aromatic nitrogens is 3. The van der Waals surface area contributed by atoms with E-state index in [9.17, 15) is 22.0 Å². The number of fused-ring (bicyclic) bond motifs is 1. The summed E-state index contributed by atoms with van der Waals surface area (Å²) in [5, 5.41) is 3.55. The van der Waals surface area contributed by atoms with Crippen LogP contribution in [0.2, 0.25) is 5.02 Å². The van der Waals surface area contributed by atoms with Crippen LogP contribution in [0.25, 0.3) is 11.0 Å². The van der Waals surface area contributed by atoms with Crippen LogP contribution in [0.5, 0.6) is 0 Å². The minimum Gasteiger partial charge on any atom is -0.341 e. The van der Waals surface area contributed by atoms with Crippen molar-refractivity contribution in [3.05, 3.63) is 113 Å². The van der Waals surface area contributed by atoms with Crippen LogP contribution in [-0.4, -0.2) is 15.0 Å². The number of hydrogen-bond acceptors (Lipinski definition) is 3. The fraction of sp³-hybridized carbons (Fsp3) is 0.185. The van der Waals surface area contributed by atoms with Gasteiger partial charge >= 0.3 is 6.18 Å². The van der Waals surface area contributed by atoms with Crippen molar-refractivity contribution in [2.45, 2.75) is 24.6 Å². The average molecular weight is 531 g/mol. The number of nitrogens with one attached hydrogen (secondary N) is 2. The fourth-order valence-electron chi connectivity index (χ4n) is 4.61. The molecule has 0 fully saturated rings. The van der Waals surface area contributed by atoms with Gasteiger partial charge in [-0.15, -0.1) is 0 Å². The molecule has 5 rings (SSSR count). The number of rotatable bonds is 6. The summed E-state index contributed by atoms with van der Waals surface area (Å²) in [7, 11) is 0. The van der Waals surface area contributed by atoms with Crippen molar-refractivity contribution in [1.82, 2.24) is 15.0 Å². The zero-order valence-electron chi connectivity index (χ0n) is 19.2. The minimum absolute atomic E-state index is 0.00392. The summed E-state index contributed by atoms with van der Waals surface area (Å²) in [6, 6.07) is 9.56. The molecule has 1 aliphatic rings. The molecule has 2 aromatic heterocycles. The third kappa shape index (κ3) is 5.22. The number of anilines is 1. The maximum atomic E-state index is 14.7. The second-order valence-electron chi connectivity index (χ2n) is 8.88. The SMILES string of the molecule is Fc1cc(C(F)(F)F)cc([C@](CC2C=CC=CC2)(Nc2nc3ccc(F)cc3[nH]2)c2ccc(Cl)cn2)c1. The van der Waals surface area contributed by atoms with Crippen LogP contribution in [0.4, 0.5) is 27.9 Å². The summed E-state index contributed by atoms with van der Waals surface area (Å²) in [6.07, 6.45) is 5.03. The molecular weight excluding hydrogens is 511 g/mol. The van der Waals surface area contributed by atoms with Crippen LogP contribution in [0.15, 0.2) is 79.0 Å². The molecule has 2 atom stereocenters. The van der Waals surface area contributed by atoms with Crippen molar-refractivity contribution < 1.29 is 22.0 Å². The number of nitrogens with zero attached hydrogens (tertiary/aromatic N) is 2. The van der Waals surface area contributed by atoms with Gasteiger partial charge in [-0.1, -0.05) is 35.9 Å². The second kappa shape index (κ2) is 9.63. The first-order chi connectivity index (χ1) is 17.6. The van der Waals surface area contributed by atoms with Crippen molar-refractivity contribution in [3.8, 4) is 0 Å². The van der Waals surface area contributed by atoms with E-state index in [4.69, 9.17) is 11.6 Å². The Morgan fingerprint density at radius 1 is 0.973 bits per heavy atom. The van der Waals surface area contributed by atoms with E-state index in [0.717, 1.165) is 12.1 Å². The maximum Gasteiger partial charge on any atom is 0.416 e. The zero-order chi connectivity index (χ0) is 26.2. The first-order valence-corrected chi connectivity index (χ1v) is 11.8. The number of benzene rings is 2. The minimum atomic E-state index is -4.78. The van der Waals surface area contributed by atoms with Gasteiger partial charge in [0.15, 0.2) is 0 Å². The molecular formula is C27H20ClF5N4. The number of pyridine rings is 1. The number of hydrogen-bond donors (Lipinski definition) is 2. The van der Waals surface area contributed by atoms with E-state index in [1.54, 1.807) is 12.1 Å².